The SMILES string of the molecule is C=CC(=O)N(CCC(N)=O)NC(=O)C(CC(C)C)NC(=O)CC(NC(=O)OCc1ccccc1)SC. The smallest absolute Gasteiger partial charge is 0.408 e. The number of carbonyl (C=O) groups is 5. The number of hydrazine groups is 1. The highest BCUT2D eigenvalue weighted by molar-refractivity contribution is 7.99. The lowest BCUT2D eigenvalue weighted by Gasteiger charge is -2.26. The minimum absolute atomic E-state index is 0.0395. The number of thioether (sulfide) groups is 1. The van der Waals surface area contributed by atoms with E-state index in [1.807, 2.05) is 44.2 Å². The van der Waals surface area contributed by atoms with Crippen LogP contribution in [0.1, 0.15) is 38.7 Å². The van der Waals surface area contributed by atoms with Crippen LogP contribution in [0.25, 0.3) is 0 Å². The van der Waals surface area contributed by atoms with Crippen LogP contribution in [0.4, 0.5) is 4.79 Å². The van der Waals surface area contributed by atoms with Crippen molar-refractivity contribution in [2.24, 2.45) is 11.7 Å². The first-order chi connectivity index (χ1) is 17.0. The van der Waals surface area contributed by atoms with E-state index in [0.29, 0.717) is 6.42 Å². The van der Waals surface area contributed by atoms with Crippen molar-refractivity contribution in [3.05, 3.63) is 48.6 Å². The molecule has 0 saturated heterocycles. The van der Waals surface area contributed by atoms with Gasteiger partial charge in [0.05, 0.1) is 18.3 Å². The highest BCUT2D eigenvalue weighted by Crippen LogP contribution is 2.11. The Hall–Kier alpha value is -3.54. The number of rotatable bonds is 14. The van der Waals surface area contributed by atoms with Crippen molar-refractivity contribution in [3.63, 3.8) is 0 Å². The maximum absolute atomic E-state index is 12.9. The largest absolute Gasteiger partial charge is 0.445 e. The molecule has 0 saturated carbocycles. The second-order valence-corrected chi connectivity index (χ2v) is 9.31. The van der Waals surface area contributed by atoms with Gasteiger partial charge in [-0.05, 0) is 30.2 Å². The molecule has 1 rings (SSSR count). The number of ether oxygens (including phenoxy) is 1. The molecule has 0 fully saturated rings. The Morgan fingerprint density at radius 2 is 1.81 bits per heavy atom. The zero-order valence-corrected chi connectivity index (χ0v) is 21.6. The maximum atomic E-state index is 12.9. The highest BCUT2D eigenvalue weighted by atomic mass is 32.2. The van der Waals surface area contributed by atoms with Gasteiger partial charge in [-0.1, -0.05) is 50.8 Å². The minimum Gasteiger partial charge on any atom is -0.445 e. The summed E-state index contributed by atoms with van der Waals surface area (Å²) in [5.41, 5.74) is 8.38. The summed E-state index contributed by atoms with van der Waals surface area (Å²) in [7, 11) is 0. The summed E-state index contributed by atoms with van der Waals surface area (Å²) in [6.45, 7) is 7.08. The molecule has 12 heteroatoms. The fraction of sp³-hybridized carbons (Fsp3) is 0.458. The maximum Gasteiger partial charge on any atom is 0.408 e. The number of primary amides is 1. The predicted octanol–water partition coefficient (Wildman–Crippen LogP) is 1.44. The van der Waals surface area contributed by atoms with Gasteiger partial charge in [-0.2, -0.15) is 0 Å². The van der Waals surface area contributed by atoms with Crippen molar-refractivity contribution >= 4 is 41.5 Å². The number of nitrogens with zero attached hydrogens (tertiary/aromatic N) is 1. The quantitative estimate of drug-likeness (QED) is 0.164. The number of alkyl carbamates (subject to hydrolysis) is 1. The van der Waals surface area contributed by atoms with Crippen LogP contribution in [0.15, 0.2) is 43.0 Å². The number of benzene rings is 1. The van der Waals surface area contributed by atoms with Gasteiger partial charge in [-0.25, -0.2) is 9.80 Å². The topological polar surface area (TPSA) is 160 Å². The van der Waals surface area contributed by atoms with Gasteiger partial charge in [0.15, 0.2) is 0 Å². The van der Waals surface area contributed by atoms with Gasteiger partial charge < -0.3 is 21.1 Å². The lowest BCUT2D eigenvalue weighted by molar-refractivity contribution is -0.140. The third-order valence-corrected chi connectivity index (χ3v) is 5.63. The van der Waals surface area contributed by atoms with Gasteiger partial charge in [0.25, 0.3) is 11.8 Å². The lowest BCUT2D eigenvalue weighted by atomic mass is 10.0. The van der Waals surface area contributed by atoms with Crippen LogP contribution in [-0.2, 0) is 30.5 Å². The number of amides is 5. The Labute approximate surface area is 215 Å². The second-order valence-electron chi connectivity index (χ2n) is 8.27. The van der Waals surface area contributed by atoms with Crippen LogP contribution in [0.3, 0.4) is 0 Å². The van der Waals surface area contributed by atoms with Crippen molar-refractivity contribution in [1.82, 2.24) is 21.1 Å². The second kappa shape index (κ2) is 16.2. The molecule has 2 atom stereocenters. The van der Waals surface area contributed by atoms with E-state index in [1.165, 1.54) is 11.8 Å². The van der Waals surface area contributed by atoms with E-state index < -0.39 is 41.1 Å². The number of hydrogen-bond donors (Lipinski definition) is 4. The third kappa shape index (κ3) is 12.2. The summed E-state index contributed by atoms with van der Waals surface area (Å²) in [6, 6.07) is 8.21. The fourth-order valence-electron chi connectivity index (χ4n) is 2.98. The zero-order chi connectivity index (χ0) is 27.1. The van der Waals surface area contributed by atoms with Crippen LogP contribution < -0.4 is 21.8 Å². The molecule has 36 heavy (non-hydrogen) atoms. The molecule has 198 valence electrons. The molecule has 11 nitrogen and oxygen atoms in total. The molecule has 0 aromatic heterocycles. The van der Waals surface area contributed by atoms with Crippen LogP contribution in [-0.4, -0.2) is 58.9 Å². The molecule has 0 radical (unpaired) electrons. The molecule has 0 spiro atoms. The first kappa shape index (κ1) is 30.5. The molecular formula is C24H35N5O6S. The molecule has 0 aliphatic rings. The van der Waals surface area contributed by atoms with E-state index in [-0.39, 0.29) is 31.9 Å². The molecule has 1 aromatic carbocycles. The summed E-state index contributed by atoms with van der Waals surface area (Å²) >= 11 is 1.24. The Bertz CT molecular complexity index is 912. The monoisotopic (exact) mass is 521 g/mol. The number of nitrogens with one attached hydrogen (secondary N) is 3. The van der Waals surface area contributed by atoms with Gasteiger partial charge in [0.1, 0.15) is 12.6 Å². The average molecular weight is 522 g/mol. The number of nitrogens with two attached hydrogens (primary N) is 1. The van der Waals surface area contributed by atoms with Gasteiger partial charge in [0.2, 0.25) is 11.8 Å². The van der Waals surface area contributed by atoms with E-state index in [0.717, 1.165) is 16.6 Å². The summed E-state index contributed by atoms with van der Waals surface area (Å²) < 4.78 is 5.19. The Balaban J connectivity index is 2.72. The Kier molecular flexibility index (Phi) is 13.7. The minimum atomic E-state index is -0.960. The number of hydrogen-bond acceptors (Lipinski definition) is 7. The van der Waals surface area contributed by atoms with Gasteiger partial charge >= 0.3 is 6.09 Å². The van der Waals surface area contributed by atoms with Crippen molar-refractivity contribution in [2.75, 3.05) is 12.8 Å². The normalized spacial score (nSPS) is 12.1. The first-order valence-electron chi connectivity index (χ1n) is 11.4. The molecule has 2 unspecified atom stereocenters. The van der Waals surface area contributed by atoms with Crippen LogP contribution in [0, 0.1) is 5.92 Å². The van der Waals surface area contributed by atoms with Crippen LogP contribution in [0.2, 0.25) is 0 Å². The van der Waals surface area contributed by atoms with Crippen molar-refractivity contribution < 1.29 is 28.7 Å². The van der Waals surface area contributed by atoms with E-state index in [1.54, 1.807) is 6.26 Å². The van der Waals surface area contributed by atoms with Crippen molar-refractivity contribution in [1.29, 1.82) is 0 Å². The van der Waals surface area contributed by atoms with Crippen LogP contribution >= 0.6 is 11.8 Å². The molecule has 1 aromatic rings. The summed E-state index contributed by atoms with van der Waals surface area (Å²) in [6.07, 6.45) is 2.06. The van der Waals surface area contributed by atoms with E-state index >= 15 is 0 Å². The van der Waals surface area contributed by atoms with E-state index in [2.05, 4.69) is 22.6 Å². The summed E-state index contributed by atoms with van der Waals surface area (Å²) in [4.78, 5) is 60.9. The number of carbonyl (C=O) groups excluding carboxylic acids is 5. The third-order valence-electron chi connectivity index (χ3n) is 4.77. The van der Waals surface area contributed by atoms with Gasteiger partial charge in [-0.15, -0.1) is 11.8 Å². The van der Waals surface area contributed by atoms with Gasteiger partial charge in [0, 0.05) is 6.42 Å². The highest BCUT2D eigenvalue weighted by Gasteiger charge is 2.26. The Morgan fingerprint density at radius 1 is 1.14 bits per heavy atom. The lowest BCUT2D eigenvalue weighted by Crippen LogP contribution is -2.55. The molecule has 0 aliphatic heterocycles. The molecule has 5 N–H and O–H groups in total. The van der Waals surface area contributed by atoms with E-state index in [9.17, 15) is 24.0 Å². The van der Waals surface area contributed by atoms with Crippen LogP contribution in [0.5, 0.6) is 0 Å². The summed E-state index contributed by atoms with van der Waals surface area (Å²) in [5.74, 6) is -2.33. The fourth-order valence-corrected chi connectivity index (χ4v) is 3.51. The standard InChI is InChI=1S/C24H35N5O6S/c1-5-22(32)29(12-11-19(25)30)28-23(33)18(13-16(2)3)26-20(31)14-21(36-4)27-24(34)35-15-17-9-7-6-8-10-17/h5-10,16,18,21H,1,11-15H2,2-4H3,(H2,25,30)(H,26,31)(H,27,34)(H,28,33). The van der Waals surface area contributed by atoms with Crippen molar-refractivity contribution in [2.45, 2.75) is 51.1 Å². The van der Waals surface area contributed by atoms with E-state index in [4.69, 9.17) is 10.5 Å². The molecular weight excluding hydrogens is 486 g/mol. The first-order valence-corrected chi connectivity index (χ1v) is 12.7. The molecule has 0 aliphatic carbocycles. The summed E-state index contributed by atoms with van der Waals surface area (Å²) in [5, 5.41) is 5.62. The zero-order valence-electron chi connectivity index (χ0n) is 20.8. The average Bonchev–Trinajstić information content (AvgIpc) is 2.83. The molecule has 0 heterocycles. The molecule has 5 amide bonds. The van der Waals surface area contributed by atoms with Gasteiger partial charge in [-0.3, -0.25) is 24.6 Å². The Morgan fingerprint density at radius 3 is 2.36 bits per heavy atom. The van der Waals surface area contributed by atoms with Crippen molar-refractivity contribution in [3.8, 4) is 0 Å². The molecule has 0 bridgehead atoms. The predicted molar refractivity (Wildman–Crippen MR) is 137 cm³/mol.